The Balaban J connectivity index is 2.62. The number of aliphatic hydroxyl groups excluding tert-OH is 1. The summed E-state index contributed by atoms with van der Waals surface area (Å²) in [5.41, 5.74) is 1.97. The average Bonchev–Trinajstić information content (AvgIpc) is 2.41. The molecule has 0 saturated heterocycles. The number of carbonyl (C=O) groups excluding carboxylic acids is 2. The number of esters is 1. The van der Waals surface area contributed by atoms with E-state index in [1.54, 1.807) is 6.08 Å². The fourth-order valence-electron chi connectivity index (χ4n) is 1.49. The molecule has 0 fully saturated rings. The van der Waals surface area contributed by atoms with Gasteiger partial charge in [-0.25, -0.2) is 4.79 Å². The van der Waals surface area contributed by atoms with Crippen molar-refractivity contribution in [2.24, 2.45) is 0 Å². The third kappa shape index (κ3) is 4.93. The number of hydrogen-bond donors (Lipinski definition) is 2. The Morgan fingerprint density at radius 2 is 2.21 bits per heavy atom. The number of carbonyl (C=O) groups is 2. The van der Waals surface area contributed by atoms with Crippen LogP contribution in [-0.4, -0.2) is 36.7 Å². The molecule has 5 heteroatoms. The summed E-state index contributed by atoms with van der Waals surface area (Å²) >= 11 is 0. The highest BCUT2D eigenvalue weighted by molar-refractivity contribution is 5.94. The second-order valence-corrected chi connectivity index (χ2v) is 4.01. The fourth-order valence-corrected chi connectivity index (χ4v) is 1.49. The summed E-state index contributed by atoms with van der Waals surface area (Å²) in [5, 5.41) is 11.3. The highest BCUT2D eigenvalue weighted by Gasteiger charge is 2.18. The Kier molecular flexibility index (Phi) is 5.75. The first kappa shape index (κ1) is 14.9. The van der Waals surface area contributed by atoms with Crippen molar-refractivity contribution in [3.05, 3.63) is 41.5 Å². The summed E-state index contributed by atoms with van der Waals surface area (Å²) in [4.78, 5) is 22.8. The Morgan fingerprint density at radius 3 is 2.79 bits per heavy atom. The molecule has 0 aliphatic rings. The van der Waals surface area contributed by atoms with E-state index in [9.17, 15) is 9.59 Å². The van der Waals surface area contributed by atoms with Gasteiger partial charge in [-0.15, -0.1) is 0 Å². The molecule has 19 heavy (non-hydrogen) atoms. The van der Waals surface area contributed by atoms with Crippen molar-refractivity contribution in [1.82, 2.24) is 5.32 Å². The van der Waals surface area contributed by atoms with Gasteiger partial charge in [-0.05, 0) is 18.6 Å². The van der Waals surface area contributed by atoms with Gasteiger partial charge < -0.3 is 15.2 Å². The van der Waals surface area contributed by atoms with Gasteiger partial charge in [0.25, 0.3) is 0 Å². The lowest BCUT2D eigenvalue weighted by Crippen LogP contribution is -2.43. The number of rotatable bonds is 5. The van der Waals surface area contributed by atoms with E-state index >= 15 is 0 Å². The predicted molar refractivity (Wildman–Crippen MR) is 71.2 cm³/mol. The SMILES string of the molecule is COC(=O)[C@H](CO)NC(=O)/C=C/c1cccc(C)c1. The molecule has 0 aliphatic carbocycles. The first-order valence-electron chi connectivity index (χ1n) is 5.80. The van der Waals surface area contributed by atoms with E-state index in [0.29, 0.717) is 0 Å². The van der Waals surface area contributed by atoms with Crippen LogP contribution >= 0.6 is 0 Å². The molecule has 0 saturated carbocycles. The smallest absolute Gasteiger partial charge is 0.330 e. The lowest BCUT2D eigenvalue weighted by molar-refractivity contribution is -0.145. The van der Waals surface area contributed by atoms with E-state index in [2.05, 4.69) is 10.1 Å². The quantitative estimate of drug-likeness (QED) is 0.604. The Hall–Kier alpha value is -2.14. The Morgan fingerprint density at radius 1 is 1.47 bits per heavy atom. The van der Waals surface area contributed by atoms with Gasteiger partial charge in [0.05, 0.1) is 13.7 Å². The van der Waals surface area contributed by atoms with Crippen LogP contribution in [0.3, 0.4) is 0 Å². The van der Waals surface area contributed by atoms with Crippen LogP contribution in [-0.2, 0) is 14.3 Å². The molecule has 0 radical (unpaired) electrons. The lowest BCUT2D eigenvalue weighted by atomic mass is 10.1. The number of benzene rings is 1. The number of methoxy groups -OCH3 is 1. The van der Waals surface area contributed by atoms with Crippen LogP contribution in [0.4, 0.5) is 0 Å². The molecular formula is C14H17NO4. The monoisotopic (exact) mass is 263 g/mol. The van der Waals surface area contributed by atoms with Crippen LogP contribution in [0.2, 0.25) is 0 Å². The minimum atomic E-state index is -1.04. The summed E-state index contributed by atoms with van der Waals surface area (Å²) in [6, 6.07) is 6.59. The molecule has 2 N–H and O–H groups in total. The molecule has 0 aliphatic heterocycles. The van der Waals surface area contributed by atoms with Crippen molar-refractivity contribution in [2.75, 3.05) is 13.7 Å². The number of hydrogen-bond acceptors (Lipinski definition) is 4. The molecule has 1 rings (SSSR count). The van der Waals surface area contributed by atoms with Crippen LogP contribution in [0, 0.1) is 6.92 Å². The maximum absolute atomic E-state index is 11.6. The van der Waals surface area contributed by atoms with Crippen molar-refractivity contribution in [3.63, 3.8) is 0 Å². The first-order valence-corrected chi connectivity index (χ1v) is 5.80. The number of amides is 1. The van der Waals surface area contributed by atoms with Crippen molar-refractivity contribution < 1.29 is 19.4 Å². The molecule has 0 unspecified atom stereocenters. The summed E-state index contributed by atoms with van der Waals surface area (Å²) < 4.78 is 4.44. The molecule has 0 aromatic heterocycles. The number of nitrogens with one attached hydrogen (secondary N) is 1. The van der Waals surface area contributed by atoms with Crippen LogP contribution in [0.15, 0.2) is 30.3 Å². The number of aliphatic hydroxyl groups is 1. The zero-order valence-corrected chi connectivity index (χ0v) is 10.9. The van der Waals surface area contributed by atoms with E-state index in [4.69, 9.17) is 5.11 Å². The van der Waals surface area contributed by atoms with Crippen LogP contribution in [0.1, 0.15) is 11.1 Å². The molecular weight excluding hydrogens is 246 g/mol. The second kappa shape index (κ2) is 7.33. The number of ether oxygens (including phenoxy) is 1. The highest BCUT2D eigenvalue weighted by Crippen LogP contribution is 2.05. The molecule has 1 aromatic rings. The van der Waals surface area contributed by atoms with Gasteiger partial charge in [-0.2, -0.15) is 0 Å². The average molecular weight is 263 g/mol. The van der Waals surface area contributed by atoms with E-state index in [1.165, 1.54) is 13.2 Å². The summed E-state index contributed by atoms with van der Waals surface area (Å²) in [7, 11) is 1.19. The van der Waals surface area contributed by atoms with E-state index < -0.39 is 24.5 Å². The van der Waals surface area contributed by atoms with E-state index in [0.717, 1.165) is 11.1 Å². The summed E-state index contributed by atoms with van der Waals surface area (Å²) in [6.07, 6.45) is 2.94. The van der Waals surface area contributed by atoms with Gasteiger partial charge in [0.1, 0.15) is 0 Å². The normalized spacial score (nSPS) is 12.2. The Labute approximate surface area is 111 Å². The molecule has 0 spiro atoms. The topological polar surface area (TPSA) is 75.6 Å². The zero-order chi connectivity index (χ0) is 14.3. The maximum Gasteiger partial charge on any atom is 0.330 e. The maximum atomic E-state index is 11.6. The molecule has 0 heterocycles. The highest BCUT2D eigenvalue weighted by atomic mass is 16.5. The molecule has 1 aromatic carbocycles. The van der Waals surface area contributed by atoms with Crippen LogP contribution < -0.4 is 5.32 Å². The first-order chi connectivity index (χ1) is 9.06. The molecule has 0 bridgehead atoms. The van der Waals surface area contributed by atoms with Gasteiger partial charge in [-0.3, -0.25) is 4.79 Å². The molecule has 5 nitrogen and oxygen atoms in total. The second-order valence-electron chi connectivity index (χ2n) is 4.01. The van der Waals surface area contributed by atoms with E-state index in [1.807, 2.05) is 31.2 Å². The van der Waals surface area contributed by atoms with Crippen molar-refractivity contribution in [2.45, 2.75) is 13.0 Å². The van der Waals surface area contributed by atoms with Crippen LogP contribution in [0.5, 0.6) is 0 Å². The zero-order valence-electron chi connectivity index (χ0n) is 10.9. The van der Waals surface area contributed by atoms with Crippen LogP contribution in [0.25, 0.3) is 6.08 Å². The molecule has 1 amide bonds. The predicted octanol–water partition coefficient (Wildman–Crippen LogP) is 0.658. The Bertz CT molecular complexity index is 482. The fraction of sp³-hybridized carbons (Fsp3) is 0.286. The lowest BCUT2D eigenvalue weighted by Gasteiger charge is -2.11. The third-order valence-corrected chi connectivity index (χ3v) is 2.45. The molecule has 102 valence electrons. The van der Waals surface area contributed by atoms with Gasteiger partial charge in [0, 0.05) is 6.08 Å². The van der Waals surface area contributed by atoms with Crippen molar-refractivity contribution in [1.29, 1.82) is 0 Å². The van der Waals surface area contributed by atoms with Crippen molar-refractivity contribution >= 4 is 18.0 Å². The molecule has 1 atom stereocenters. The summed E-state index contributed by atoms with van der Waals surface area (Å²) in [6.45, 7) is 1.45. The summed E-state index contributed by atoms with van der Waals surface area (Å²) in [5.74, 6) is -1.15. The third-order valence-electron chi connectivity index (χ3n) is 2.45. The van der Waals surface area contributed by atoms with Gasteiger partial charge in [0.15, 0.2) is 6.04 Å². The van der Waals surface area contributed by atoms with Gasteiger partial charge >= 0.3 is 5.97 Å². The largest absolute Gasteiger partial charge is 0.467 e. The van der Waals surface area contributed by atoms with Gasteiger partial charge in [-0.1, -0.05) is 29.8 Å². The van der Waals surface area contributed by atoms with Crippen molar-refractivity contribution in [3.8, 4) is 0 Å². The minimum Gasteiger partial charge on any atom is -0.467 e. The minimum absolute atomic E-state index is 0.467. The number of aryl methyl sites for hydroxylation is 1. The standard InChI is InChI=1S/C14H17NO4/c1-10-4-3-5-11(8-10)6-7-13(17)15-12(9-16)14(18)19-2/h3-8,12,16H,9H2,1-2H3,(H,15,17)/b7-6+/t12-/m0/s1. The van der Waals surface area contributed by atoms with Gasteiger partial charge in [0.2, 0.25) is 5.91 Å². The van der Waals surface area contributed by atoms with E-state index in [-0.39, 0.29) is 0 Å².